The SMILES string of the molecule is [Cl-].[NH3+]C1C(O)c2cccc3c2C1CCC3. The Hall–Kier alpha value is -0.570. The molecule has 0 radical (unpaired) electrons. The Morgan fingerprint density at radius 1 is 1.33 bits per heavy atom. The van der Waals surface area contributed by atoms with E-state index >= 15 is 0 Å². The number of halogens is 1. The lowest BCUT2D eigenvalue weighted by molar-refractivity contribution is -0.442. The molecule has 1 aromatic rings. The maximum Gasteiger partial charge on any atom is 0.131 e. The maximum atomic E-state index is 10.0. The summed E-state index contributed by atoms with van der Waals surface area (Å²) in [5.74, 6) is 0.518. The van der Waals surface area contributed by atoms with Crippen LogP contribution in [0.4, 0.5) is 0 Å². The molecule has 0 amide bonds. The van der Waals surface area contributed by atoms with Gasteiger partial charge >= 0.3 is 0 Å². The molecule has 3 heteroatoms. The van der Waals surface area contributed by atoms with Crippen molar-refractivity contribution < 1.29 is 23.2 Å². The van der Waals surface area contributed by atoms with Gasteiger partial charge in [-0.1, -0.05) is 18.2 Å². The largest absolute Gasteiger partial charge is 1.00 e. The maximum absolute atomic E-state index is 10.0. The van der Waals surface area contributed by atoms with Crippen LogP contribution < -0.4 is 18.1 Å². The van der Waals surface area contributed by atoms with Crippen molar-refractivity contribution in [3.63, 3.8) is 0 Å². The summed E-state index contributed by atoms with van der Waals surface area (Å²) in [6, 6.07) is 6.51. The zero-order valence-electron chi connectivity index (χ0n) is 8.62. The van der Waals surface area contributed by atoms with Crippen LogP contribution in [0.2, 0.25) is 0 Å². The first kappa shape index (κ1) is 10.9. The van der Waals surface area contributed by atoms with Gasteiger partial charge in [-0.15, -0.1) is 0 Å². The highest BCUT2D eigenvalue weighted by Crippen LogP contribution is 2.45. The predicted molar refractivity (Wildman–Crippen MR) is 53.8 cm³/mol. The fourth-order valence-corrected chi connectivity index (χ4v) is 3.10. The molecule has 15 heavy (non-hydrogen) atoms. The van der Waals surface area contributed by atoms with Crippen molar-refractivity contribution >= 4 is 0 Å². The van der Waals surface area contributed by atoms with Crippen LogP contribution >= 0.6 is 0 Å². The van der Waals surface area contributed by atoms with Gasteiger partial charge in [0.15, 0.2) is 0 Å². The van der Waals surface area contributed by atoms with Crippen molar-refractivity contribution in [2.24, 2.45) is 0 Å². The first-order valence-corrected chi connectivity index (χ1v) is 5.42. The molecule has 1 aromatic carbocycles. The summed E-state index contributed by atoms with van der Waals surface area (Å²) in [6.07, 6.45) is 3.31. The van der Waals surface area contributed by atoms with Crippen molar-refractivity contribution in [1.29, 1.82) is 0 Å². The second-order valence-corrected chi connectivity index (χ2v) is 4.53. The molecule has 0 aliphatic heterocycles. The van der Waals surface area contributed by atoms with E-state index in [9.17, 15) is 5.11 Å². The molecule has 2 aliphatic rings. The van der Waals surface area contributed by atoms with Gasteiger partial charge in [0.25, 0.3) is 0 Å². The minimum absolute atomic E-state index is 0. The number of hydrogen-bond acceptors (Lipinski definition) is 1. The van der Waals surface area contributed by atoms with Crippen molar-refractivity contribution in [2.75, 3.05) is 0 Å². The molecule has 0 saturated heterocycles. The Morgan fingerprint density at radius 2 is 2.13 bits per heavy atom. The Balaban J connectivity index is 0.000000853. The monoisotopic (exact) mass is 225 g/mol. The second kappa shape index (κ2) is 3.78. The molecule has 0 bridgehead atoms. The van der Waals surface area contributed by atoms with Crippen LogP contribution in [-0.2, 0) is 6.42 Å². The number of hydrogen-bond donors (Lipinski definition) is 2. The number of aliphatic hydroxyl groups excluding tert-OH is 1. The fourth-order valence-electron chi connectivity index (χ4n) is 3.10. The van der Waals surface area contributed by atoms with Crippen molar-refractivity contribution in [1.82, 2.24) is 0 Å². The van der Waals surface area contributed by atoms with Gasteiger partial charge in [0.1, 0.15) is 12.1 Å². The molecule has 2 aliphatic carbocycles. The summed E-state index contributed by atoms with van der Waals surface area (Å²) in [6.45, 7) is 0. The van der Waals surface area contributed by atoms with E-state index < -0.39 is 0 Å². The van der Waals surface area contributed by atoms with Crippen LogP contribution in [0.1, 0.15) is 41.6 Å². The van der Waals surface area contributed by atoms with Gasteiger partial charge in [-0.2, -0.15) is 0 Å². The van der Waals surface area contributed by atoms with Gasteiger partial charge in [0, 0.05) is 5.92 Å². The lowest BCUT2D eigenvalue weighted by atomic mass is 9.83. The van der Waals surface area contributed by atoms with E-state index in [2.05, 4.69) is 23.9 Å². The Kier molecular flexibility index (Phi) is 2.75. The quantitative estimate of drug-likeness (QED) is 0.516. The van der Waals surface area contributed by atoms with Gasteiger partial charge in [-0.3, -0.25) is 0 Å². The van der Waals surface area contributed by atoms with E-state index in [1.54, 1.807) is 0 Å². The van der Waals surface area contributed by atoms with Gasteiger partial charge in [0.2, 0.25) is 0 Å². The molecule has 3 atom stereocenters. The third-order valence-corrected chi connectivity index (χ3v) is 3.80. The number of benzene rings is 1. The summed E-state index contributed by atoms with van der Waals surface area (Å²) in [7, 11) is 0. The van der Waals surface area contributed by atoms with Crippen molar-refractivity contribution in [2.45, 2.75) is 37.3 Å². The third-order valence-electron chi connectivity index (χ3n) is 3.80. The van der Waals surface area contributed by atoms with Crippen LogP contribution in [0.5, 0.6) is 0 Å². The van der Waals surface area contributed by atoms with E-state index in [1.165, 1.54) is 30.4 Å². The van der Waals surface area contributed by atoms with Gasteiger partial charge in [0.05, 0.1) is 0 Å². The summed E-state index contributed by atoms with van der Waals surface area (Å²) < 4.78 is 0. The third kappa shape index (κ3) is 1.40. The number of rotatable bonds is 0. The molecular formula is C12H16ClNO. The molecule has 0 spiro atoms. The minimum Gasteiger partial charge on any atom is -1.00 e. The molecular weight excluding hydrogens is 210 g/mol. The fraction of sp³-hybridized carbons (Fsp3) is 0.500. The van der Waals surface area contributed by atoms with Crippen LogP contribution in [-0.4, -0.2) is 11.1 Å². The van der Waals surface area contributed by atoms with Gasteiger partial charge < -0.3 is 23.2 Å². The van der Waals surface area contributed by atoms with Gasteiger partial charge in [-0.05, 0) is 36.0 Å². The highest BCUT2D eigenvalue weighted by atomic mass is 35.5. The van der Waals surface area contributed by atoms with E-state index in [4.69, 9.17) is 0 Å². The first-order chi connectivity index (χ1) is 6.79. The number of quaternary nitrogens is 1. The zero-order chi connectivity index (χ0) is 9.71. The molecule has 0 heterocycles. The molecule has 4 N–H and O–H groups in total. The summed E-state index contributed by atoms with van der Waals surface area (Å²) in [5.41, 5.74) is 8.13. The topological polar surface area (TPSA) is 47.9 Å². The molecule has 0 aromatic heterocycles. The van der Waals surface area contributed by atoms with E-state index in [-0.39, 0.29) is 24.6 Å². The van der Waals surface area contributed by atoms with E-state index in [0.29, 0.717) is 5.92 Å². The smallest absolute Gasteiger partial charge is 0.131 e. The van der Waals surface area contributed by atoms with Crippen LogP contribution in [0.15, 0.2) is 18.2 Å². The Labute approximate surface area is 95.9 Å². The number of aliphatic hydroxyl groups is 1. The summed E-state index contributed by atoms with van der Waals surface area (Å²) in [4.78, 5) is 0. The molecule has 0 fully saturated rings. The predicted octanol–water partition coefficient (Wildman–Crippen LogP) is -2.23. The average Bonchev–Trinajstić information content (AvgIpc) is 2.47. The first-order valence-electron chi connectivity index (χ1n) is 5.42. The minimum atomic E-state index is -0.326. The van der Waals surface area contributed by atoms with Crippen molar-refractivity contribution in [3.05, 3.63) is 34.9 Å². The van der Waals surface area contributed by atoms with Crippen LogP contribution in [0, 0.1) is 0 Å². The number of aryl methyl sites for hydroxylation is 1. The van der Waals surface area contributed by atoms with E-state index in [0.717, 1.165) is 5.56 Å². The molecule has 82 valence electrons. The normalized spacial score (nSPS) is 32.0. The molecule has 2 nitrogen and oxygen atoms in total. The second-order valence-electron chi connectivity index (χ2n) is 4.53. The molecule has 0 saturated carbocycles. The molecule has 3 rings (SSSR count). The molecule has 3 unspecified atom stereocenters. The van der Waals surface area contributed by atoms with Gasteiger partial charge in [-0.25, -0.2) is 0 Å². The highest BCUT2D eigenvalue weighted by molar-refractivity contribution is 5.46. The van der Waals surface area contributed by atoms with E-state index in [1.807, 2.05) is 0 Å². The lowest BCUT2D eigenvalue weighted by Crippen LogP contribution is -3.00. The highest BCUT2D eigenvalue weighted by Gasteiger charge is 2.42. The Bertz CT molecular complexity index is 380. The van der Waals surface area contributed by atoms with Crippen LogP contribution in [0.3, 0.4) is 0 Å². The summed E-state index contributed by atoms with van der Waals surface area (Å²) >= 11 is 0. The lowest BCUT2D eigenvalue weighted by Gasteiger charge is -2.22. The zero-order valence-corrected chi connectivity index (χ0v) is 9.37. The summed E-state index contributed by atoms with van der Waals surface area (Å²) in [5, 5.41) is 10.0. The standard InChI is InChI=1S/C12H15NO.ClH/c13-11-8-5-1-3-7-4-2-6-9(10(7)8)12(11)14;/h2,4,6,8,11-12,14H,1,3,5,13H2;1H. The average molecular weight is 226 g/mol. The Morgan fingerprint density at radius 3 is 2.93 bits per heavy atom. The van der Waals surface area contributed by atoms with Crippen LogP contribution in [0.25, 0.3) is 0 Å². The van der Waals surface area contributed by atoms with Crippen molar-refractivity contribution in [3.8, 4) is 0 Å².